The van der Waals surface area contributed by atoms with Gasteiger partial charge in [-0.15, -0.1) is 0 Å². The molecule has 0 spiro atoms. The molecule has 74 valence electrons. The van der Waals surface area contributed by atoms with E-state index in [9.17, 15) is 0 Å². The minimum Gasteiger partial charge on any atom is -0.454 e. The molecule has 0 fully saturated rings. The minimum atomic E-state index is 0.260. The standard InChI is InChI=1S/C10H10ClNO2/c11-8-5-10-9(13-6-14-10)4-7(8)2-1-3-12/h1-2,4-5H,3,6,12H2. The van der Waals surface area contributed by atoms with Crippen LogP contribution in [0, 0.1) is 0 Å². The van der Waals surface area contributed by atoms with Crippen molar-refractivity contribution in [2.75, 3.05) is 13.3 Å². The van der Waals surface area contributed by atoms with Gasteiger partial charge in [-0.3, -0.25) is 0 Å². The summed E-state index contributed by atoms with van der Waals surface area (Å²) in [5.74, 6) is 1.42. The number of hydrogen-bond acceptors (Lipinski definition) is 3. The van der Waals surface area contributed by atoms with Gasteiger partial charge < -0.3 is 15.2 Å². The molecule has 2 N–H and O–H groups in total. The first-order valence-electron chi connectivity index (χ1n) is 4.27. The number of nitrogens with two attached hydrogens (primary N) is 1. The zero-order chi connectivity index (χ0) is 9.97. The summed E-state index contributed by atoms with van der Waals surface area (Å²) in [5.41, 5.74) is 6.24. The summed E-state index contributed by atoms with van der Waals surface area (Å²) < 4.78 is 10.4. The Morgan fingerprint density at radius 2 is 2.07 bits per heavy atom. The normalized spacial score (nSPS) is 13.9. The highest BCUT2D eigenvalue weighted by Gasteiger charge is 2.15. The molecule has 4 heteroatoms. The van der Waals surface area contributed by atoms with Crippen LogP contribution in [0.1, 0.15) is 5.56 Å². The fourth-order valence-electron chi connectivity index (χ4n) is 1.26. The Balaban J connectivity index is 2.37. The largest absolute Gasteiger partial charge is 0.454 e. The number of benzene rings is 1. The molecule has 0 saturated carbocycles. The average Bonchev–Trinajstić information content (AvgIpc) is 2.61. The van der Waals surface area contributed by atoms with Gasteiger partial charge in [-0.25, -0.2) is 0 Å². The lowest BCUT2D eigenvalue weighted by atomic mass is 10.2. The molecule has 14 heavy (non-hydrogen) atoms. The van der Waals surface area contributed by atoms with E-state index in [0.29, 0.717) is 17.3 Å². The number of fused-ring (bicyclic) bond motifs is 1. The van der Waals surface area contributed by atoms with E-state index in [2.05, 4.69) is 0 Å². The minimum absolute atomic E-state index is 0.260. The lowest BCUT2D eigenvalue weighted by Gasteiger charge is -2.00. The molecule has 0 atom stereocenters. The van der Waals surface area contributed by atoms with Gasteiger partial charge in [-0.1, -0.05) is 23.8 Å². The Labute approximate surface area is 87.1 Å². The number of halogens is 1. The van der Waals surface area contributed by atoms with Gasteiger partial charge >= 0.3 is 0 Å². The first-order chi connectivity index (χ1) is 6.81. The summed E-state index contributed by atoms with van der Waals surface area (Å²) in [6.45, 7) is 0.750. The third-order valence-corrected chi connectivity index (χ3v) is 2.25. The summed E-state index contributed by atoms with van der Waals surface area (Å²) in [6, 6.07) is 3.59. The Morgan fingerprint density at radius 3 is 2.79 bits per heavy atom. The van der Waals surface area contributed by atoms with Gasteiger partial charge in [0.15, 0.2) is 11.5 Å². The van der Waals surface area contributed by atoms with Crippen molar-refractivity contribution in [3.05, 3.63) is 28.8 Å². The predicted molar refractivity (Wildman–Crippen MR) is 55.7 cm³/mol. The first-order valence-corrected chi connectivity index (χ1v) is 4.65. The lowest BCUT2D eigenvalue weighted by Crippen LogP contribution is -1.93. The molecule has 0 aromatic heterocycles. The number of hydrogen-bond donors (Lipinski definition) is 1. The zero-order valence-electron chi connectivity index (χ0n) is 7.50. The van der Waals surface area contributed by atoms with Crippen LogP contribution in [0.2, 0.25) is 5.02 Å². The van der Waals surface area contributed by atoms with Gasteiger partial charge in [0.25, 0.3) is 0 Å². The van der Waals surface area contributed by atoms with Crippen LogP contribution in [-0.2, 0) is 0 Å². The molecular formula is C10H10ClNO2. The molecule has 0 bridgehead atoms. The Morgan fingerprint density at radius 1 is 1.36 bits per heavy atom. The molecule has 0 saturated heterocycles. The Kier molecular flexibility index (Phi) is 2.61. The smallest absolute Gasteiger partial charge is 0.231 e. The van der Waals surface area contributed by atoms with E-state index in [4.69, 9.17) is 26.8 Å². The van der Waals surface area contributed by atoms with Gasteiger partial charge in [0, 0.05) is 12.6 Å². The van der Waals surface area contributed by atoms with Gasteiger partial charge in [-0.2, -0.15) is 0 Å². The Bertz CT molecular complexity index is 377. The SMILES string of the molecule is NCC=Cc1cc2c(cc1Cl)OCO2. The molecule has 1 heterocycles. The second kappa shape index (κ2) is 3.90. The summed E-state index contributed by atoms with van der Waals surface area (Å²) >= 11 is 6.02. The third kappa shape index (κ3) is 1.69. The fraction of sp³-hybridized carbons (Fsp3) is 0.200. The highest BCUT2D eigenvalue weighted by molar-refractivity contribution is 6.32. The van der Waals surface area contributed by atoms with Gasteiger partial charge in [0.2, 0.25) is 6.79 Å². The molecule has 1 aliphatic heterocycles. The van der Waals surface area contributed by atoms with Crippen molar-refractivity contribution in [2.45, 2.75) is 0 Å². The van der Waals surface area contributed by atoms with Crippen molar-refractivity contribution in [1.29, 1.82) is 0 Å². The van der Waals surface area contributed by atoms with E-state index >= 15 is 0 Å². The van der Waals surface area contributed by atoms with Crippen LogP contribution in [-0.4, -0.2) is 13.3 Å². The second-order valence-corrected chi connectivity index (χ2v) is 3.27. The number of rotatable bonds is 2. The zero-order valence-corrected chi connectivity index (χ0v) is 8.25. The van der Waals surface area contributed by atoms with Gasteiger partial charge in [0.1, 0.15) is 0 Å². The molecule has 1 aromatic rings. The van der Waals surface area contributed by atoms with E-state index in [-0.39, 0.29) is 6.79 Å². The fourth-order valence-corrected chi connectivity index (χ4v) is 1.47. The molecule has 1 aromatic carbocycles. The monoisotopic (exact) mass is 211 g/mol. The summed E-state index contributed by atoms with van der Waals surface area (Å²) in [6.07, 6.45) is 3.70. The van der Waals surface area contributed by atoms with E-state index in [1.54, 1.807) is 6.07 Å². The van der Waals surface area contributed by atoms with E-state index in [1.165, 1.54) is 0 Å². The molecule has 0 amide bonds. The molecule has 3 nitrogen and oxygen atoms in total. The van der Waals surface area contributed by atoms with Crippen LogP contribution >= 0.6 is 11.6 Å². The van der Waals surface area contributed by atoms with Gasteiger partial charge in [0.05, 0.1) is 5.02 Å². The maximum absolute atomic E-state index is 6.02. The molecule has 0 unspecified atom stereocenters. The van der Waals surface area contributed by atoms with Crippen LogP contribution in [0.25, 0.3) is 6.08 Å². The van der Waals surface area contributed by atoms with Crippen molar-refractivity contribution in [3.63, 3.8) is 0 Å². The topological polar surface area (TPSA) is 44.5 Å². The predicted octanol–water partition coefficient (Wildman–Crippen LogP) is 2.04. The highest BCUT2D eigenvalue weighted by Crippen LogP contribution is 2.37. The summed E-state index contributed by atoms with van der Waals surface area (Å²) in [4.78, 5) is 0. The average molecular weight is 212 g/mol. The van der Waals surface area contributed by atoms with Crippen molar-refractivity contribution in [1.82, 2.24) is 0 Å². The van der Waals surface area contributed by atoms with Crippen LogP contribution in [0.15, 0.2) is 18.2 Å². The second-order valence-electron chi connectivity index (χ2n) is 2.87. The van der Waals surface area contributed by atoms with Crippen LogP contribution < -0.4 is 15.2 Å². The maximum Gasteiger partial charge on any atom is 0.231 e. The van der Waals surface area contributed by atoms with E-state index in [1.807, 2.05) is 18.2 Å². The summed E-state index contributed by atoms with van der Waals surface area (Å²) in [5, 5.41) is 0.638. The maximum atomic E-state index is 6.02. The van der Waals surface area contributed by atoms with Crippen molar-refractivity contribution in [3.8, 4) is 11.5 Å². The van der Waals surface area contributed by atoms with Crippen LogP contribution in [0.4, 0.5) is 0 Å². The highest BCUT2D eigenvalue weighted by atomic mass is 35.5. The first kappa shape index (κ1) is 9.37. The molecule has 1 aliphatic rings. The van der Waals surface area contributed by atoms with Crippen LogP contribution in [0.3, 0.4) is 0 Å². The van der Waals surface area contributed by atoms with Crippen molar-refractivity contribution < 1.29 is 9.47 Å². The number of ether oxygens (including phenoxy) is 2. The molecule has 0 aliphatic carbocycles. The summed E-state index contributed by atoms with van der Waals surface area (Å²) in [7, 11) is 0. The van der Waals surface area contributed by atoms with Crippen molar-refractivity contribution in [2.24, 2.45) is 5.73 Å². The van der Waals surface area contributed by atoms with E-state index < -0.39 is 0 Å². The Hall–Kier alpha value is -1.19. The molecule has 0 radical (unpaired) electrons. The van der Waals surface area contributed by atoms with Gasteiger partial charge in [-0.05, 0) is 11.6 Å². The van der Waals surface area contributed by atoms with Crippen molar-refractivity contribution >= 4 is 17.7 Å². The van der Waals surface area contributed by atoms with E-state index in [0.717, 1.165) is 11.3 Å². The van der Waals surface area contributed by atoms with Crippen LogP contribution in [0.5, 0.6) is 11.5 Å². The quantitative estimate of drug-likeness (QED) is 0.814. The molecular weight excluding hydrogens is 202 g/mol. The molecule has 2 rings (SSSR count). The lowest BCUT2D eigenvalue weighted by molar-refractivity contribution is 0.174. The third-order valence-electron chi connectivity index (χ3n) is 1.93.